The summed E-state index contributed by atoms with van der Waals surface area (Å²) < 4.78 is 13.9. The predicted octanol–water partition coefficient (Wildman–Crippen LogP) is 4.94. The maximum absolute atomic E-state index is 13.5. The molecule has 1 unspecified atom stereocenters. The molecular weight excluding hydrogens is 340 g/mol. The van der Waals surface area contributed by atoms with Crippen molar-refractivity contribution < 1.29 is 4.39 Å². The van der Waals surface area contributed by atoms with Crippen LogP contribution in [0.3, 0.4) is 0 Å². The summed E-state index contributed by atoms with van der Waals surface area (Å²) in [5.74, 6) is -0.360. The monoisotopic (exact) mass is 347 g/mol. The molecule has 0 aliphatic heterocycles. The molecule has 0 bridgehead atoms. The average Bonchev–Trinajstić information content (AvgIpc) is 2.35. The number of benzene rings is 2. The summed E-state index contributed by atoms with van der Waals surface area (Å²) >= 11 is 15.1. The van der Waals surface area contributed by atoms with Gasteiger partial charge in [-0.1, -0.05) is 29.3 Å². The van der Waals surface area contributed by atoms with Gasteiger partial charge in [0.05, 0.1) is 10.5 Å². The van der Waals surface area contributed by atoms with Crippen LogP contribution in [-0.2, 0) is 0 Å². The molecule has 2 N–H and O–H groups in total. The molecule has 2 aromatic rings. The molecule has 5 heteroatoms. The molecule has 18 heavy (non-hydrogen) atoms. The summed E-state index contributed by atoms with van der Waals surface area (Å²) in [5.41, 5.74) is 7.39. The molecule has 2 rings (SSSR count). The fourth-order valence-electron chi connectivity index (χ4n) is 1.64. The lowest BCUT2D eigenvalue weighted by Crippen LogP contribution is -2.12. The molecule has 0 spiro atoms. The smallest absolute Gasteiger partial charge is 0.137 e. The molecule has 0 aliphatic rings. The van der Waals surface area contributed by atoms with Crippen LogP contribution in [0.1, 0.15) is 17.2 Å². The summed E-state index contributed by atoms with van der Waals surface area (Å²) in [4.78, 5) is 0. The van der Waals surface area contributed by atoms with E-state index in [1.165, 1.54) is 6.07 Å². The Hall–Kier alpha value is -0.610. The van der Waals surface area contributed by atoms with E-state index in [4.69, 9.17) is 28.9 Å². The summed E-state index contributed by atoms with van der Waals surface area (Å²) in [5, 5.41) is 1.05. The molecule has 0 saturated carbocycles. The lowest BCUT2D eigenvalue weighted by atomic mass is 9.99. The highest BCUT2D eigenvalue weighted by Gasteiger charge is 2.14. The SMILES string of the molecule is NC(c1ccc(Br)c(F)c1)c1cc(Cl)ccc1Cl. The van der Waals surface area contributed by atoms with E-state index in [0.717, 1.165) is 0 Å². The van der Waals surface area contributed by atoms with Crippen molar-refractivity contribution in [2.75, 3.05) is 0 Å². The van der Waals surface area contributed by atoms with Gasteiger partial charge in [0, 0.05) is 10.0 Å². The van der Waals surface area contributed by atoms with E-state index in [0.29, 0.717) is 25.6 Å². The van der Waals surface area contributed by atoms with Crippen LogP contribution in [0.25, 0.3) is 0 Å². The third-order valence-electron chi connectivity index (χ3n) is 2.60. The zero-order chi connectivity index (χ0) is 13.3. The van der Waals surface area contributed by atoms with Gasteiger partial charge in [-0.25, -0.2) is 4.39 Å². The Morgan fingerprint density at radius 2 is 1.83 bits per heavy atom. The molecule has 0 fully saturated rings. The minimum Gasteiger partial charge on any atom is -0.320 e. The number of halogens is 4. The molecular formula is C13H9BrCl2FN. The number of rotatable bonds is 2. The minimum absolute atomic E-state index is 0.360. The molecule has 1 nitrogen and oxygen atoms in total. The second kappa shape index (κ2) is 5.57. The van der Waals surface area contributed by atoms with Crippen molar-refractivity contribution in [1.29, 1.82) is 0 Å². The summed E-state index contributed by atoms with van der Waals surface area (Å²) in [7, 11) is 0. The molecule has 0 radical (unpaired) electrons. The first kappa shape index (κ1) is 13.8. The summed E-state index contributed by atoms with van der Waals surface area (Å²) in [6.07, 6.45) is 0. The molecule has 0 aromatic heterocycles. The fourth-order valence-corrected chi connectivity index (χ4v) is 2.30. The Bertz CT molecular complexity index is 589. The van der Waals surface area contributed by atoms with Gasteiger partial charge in [0.2, 0.25) is 0 Å². The van der Waals surface area contributed by atoms with E-state index in [9.17, 15) is 4.39 Å². The Morgan fingerprint density at radius 1 is 1.11 bits per heavy atom. The zero-order valence-electron chi connectivity index (χ0n) is 9.13. The normalized spacial score (nSPS) is 12.5. The van der Waals surface area contributed by atoms with Gasteiger partial charge in [0.25, 0.3) is 0 Å². The highest BCUT2D eigenvalue weighted by Crippen LogP contribution is 2.30. The van der Waals surface area contributed by atoms with Crippen molar-refractivity contribution >= 4 is 39.1 Å². The first-order chi connectivity index (χ1) is 8.49. The van der Waals surface area contributed by atoms with Crippen molar-refractivity contribution in [2.45, 2.75) is 6.04 Å². The van der Waals surface area contributed by atoms with Crippen LogP contribution in [0.5, 0.6) is 0 Å². The average molecular weight is 349 g/mol. The first-order valence-corrected chi connectivity index (χ1v) is 6.69. The highest BCUT2D eigenvalue weighted by atomic mass is 79.9. The van der Waals surface area contributed by atoms with Gasteiger partial charge >= 0.3 is 0 Å². The molecule has 94 valence electrons. The maximum Gasteiger partial charge on any atom is 0.137 e. The van der Waals surface area contributed by atoms with Crippen LogP contribution in [0.4, 0.5) is 4.39 Å². The Morgan fingerprint density at radius 3 is 2.50 bits per heavy atom. The second-order valence-corrected chi connectivity index (χ2v) is 5.52. The van der Waals surface area contributed by atoms with Crippen LogP contribution >= 0.6 is 39.1 Å². The van der Waals surface area contributed by atoms with Gasteiger partial charge in [-0.3, -0.25) is 0 Å². The van der Waals surface area contributed by atoms with Crippen molar-refractivity contribution in [2.24, 2.45) is 5.73 Å². The lowest BCUT2D eigenvalue weighted by Gasteiger charge is -2.15. The quantitative estimate of drug-likeness (QED) is 0.816. The summed E-state index contributed by atoms with van der Waals surface area (Å²) in [6, 6.07) is 9.27. The topological polar surface area (TPSA) is 26.0 Å². The van der Waals surface area contributed by atoms with Crippen LogP contribution in [0.15, 0.2) is 40.9 Å². The lowest BCUT2D eigenvalue weighted by molar-refractivity contribution is 0.617. The molecule has 0 aliphatic carbocycles. The Kier molecular flexibility index (Phi) is 4.28. The zero-order valence-corrected chi connectivity index (χ0v) is 12.2. The van der Waals surface area contributed by atoms with Crippen molar-refractivity contribution in [3.05, 3.63) is 67.9 Å². The van der Waals surface area contributed by atoms with E-state index >= 15 is 0 Å². The third kappa shape index (κ3) is 2.86. The van der Waals surface area contributed by atoms with E-state index in [1.54, 1.807) is 30.3 Å². The van der Waals surface area contributed by atoms with Gasteiger partial charge in [-0.2, -0.15) is 0 Å². The van der Waals surface area contributed by atoms with Crippen LogP contribution in [-0.4, -0.2) is 0 Å². The van der Waals surface area contributed by atoms with E-state index < -0.39 is 6.04 Å². The maximum atomic E-state index is 13.5. The molecule has 0 amide bonds. The number of hydrogen-bond donors (Lipinski definition) is 1. The van der Waals surface area contributed by atoms with Crippen LogP contribution in [0.2, 0.25) is 10.0 Å². The minimum atomic E-state index is -0.515. The molecule has 0 saturated heterocycles. The Labute approximate surface area is 123 Å². The molecule has 0 heterocycles. The summed E-state index contributed by atoms with van der Waals surface area (Å²) in [6.45, 7) is 0. The third-order valence-corrected chi connectivity index (χ3v) is 3.82. The van der Waals surface area contributed by atoms with Crippen LogP contribution in [0, 0.1) is 5.82 Å². The van der Waals surface area contributed by atoms with Crippen molar-refractivity contribution in [1.82, 2.24) is 0 Å². The van der Waals surface area contributed by atoms with E-state index in [1.807, 2.05) is 0 Å². The van der Waals surface area contributed by atoms with Crippen molar-refractivity contribution in [3.63, 3.8) is 0 Å². The predicted molar refractivity (Wildman–Crippen MR) is 76.6 cm³/mol. The Balaban J connectivity index is 2.44. The molecule has 2 aromatic carbocycles. The largest absolute Gasteiger partial charge is 0.320 e. The van der Waals surface area contributed by atoms with E-state index in [-0.39, 0.29) is 5.82 Å². The van der Waals surface area contributed by atoms with Gasteiger partial charge in [0.1, 0.15) is 5.82 Å². The number of hydrogen-bond acceptors (Lipinski definition) is 1. The first-order valence-electron chi connectivity index (χ1n) is 5.14. The van der Waals surface area contributed by atoms with Gasteiger partial charge in [-0.05, 0) is 57.4 Å². The van der Waals surface area contributed by atoms with Gasteiger partial charge in [0.15, 0.2) is 0 Å². The number of nitrogens with two attached hydrogens (primary N) is 1. The van der Waals surface area contributed by atoms with Gasteiger partial charge < -0.3 is 5.73 Å². The van der Waals surface area contributed by atoms with Gasteiger partial charge in [-0.15, -0.1) is 0 Å². The highest BCUT2D eigenvalue weighted by molar-refractivity contribution is 9.10. The van der Waals surface area contributed by atoms with Crippen molar-refractivity contribution in [3.8, 4) is 0 Å². The fraction of sp³-hybridized carbons (Fsp3) is 0.0769. The standard InChI is InChI=1S/C13H9BrCl2FN/c14-10-3-1-7(5-12(10)17)13(18)9-6-8(15)2-4-11(9)16/h1-6,13H,18H2. The van der Waals surface area contributed by atoms with E-state index in [2.05, 4.69) is 15.9 Å². The second-order valence-electron chi connectivity index (χ2n) is 3.82. The van der Waals surface area contributed by atoms with Crippen LogP contribution < -0.4 is 5.73 Å². The molecule has 1 atom stereocenters.